The minimum absolute atomic E-state index is 0.0994. The van der Waals surface area contributed by atoms with Crippen LogP contribution in [0.2, 0.25) is 0 Å². The Morgan fingerprint density at radius 1 is 1.12 bits per heavy atom. The van der Waals surface area contributed by atoms with Gasteiger partial charge in [0.15, 0.2) is 5.69 Å². The van der Waals surface area contributed by atoms with E-state index in [2.05, 4.69) is 35.5 Å². The number of anilines is 2. The summed E-state index contributed by atoms with van der Waals surface area (Å²) in [6.07, 6.45) is -3.47. The van der Waals surface area contributed by atoms with Crippen LogP contribution < -0.4 is 20.3 Å². The molecule has 0 bridgehead atoms. The lowest BCUT2D eigenvalue weighted by molar-refractivity contribution is -0.150. The van der Waals surface area contributed by atoms with Gasteiger partial charge in [0.25, 0.3) is 0 Å². The Morgan fingerprint density at radius 3 is 2.61 bits per heavy atom. The number of hydrogen-bond acceptors (Lipinski definition) is 11. The van der Waals surface area contributed by atoms with Crippen molar-refractivity contribution in [1.82, 2.24) is 25.3 Å². The van der Waals surface area contributed by atoms with E-state index in [9.17, 15) is 23.4 Å². The van der Waals surface area contributed by atoms with E-state index in [1.165, 1.54) is 6.20 Å². The monoisotopic (exact) mass is 471 g/mol. The van der Waals surface area contributed by atoms with E-state index in [0.29, 0.717) is 6.20 Å². The van der Waals surface area contributed by atoms with Crippen molar-refractivity contribution in [1.29, 1.82) is 0 Å². The fraction of sp³-hybridized carbons (Fsp3) is 0.579. The molecule has 4 rings (SSSR count). The van der Waals surface area contributed by atoms with E-state index < -0.39 is 36.2 Å². The first-order valence-electron chi connectivity index (χ1n) is 10.4. The fourth-order valence-corrected chi connectivity index (χ4v) is 3.53. The van der Waals surface area contributed by atoms with Crippen molar-refractivity contribution in [2.75, 3.05) is 49.6 Å². The normalized spacial score (nSPS) is 26.2. The molecule has 2 aromatic heterocycles. The highest BCUT2D eigenvalue weighted by molar-refractivity contribution is 5.37. The molecule has 180 valence electrons. The lowest BCUT2D eigenvalue weighted by Gasteiger charge is -2.37. The molecule has 33 heavy (non-hydrogen) atoms. The Labute approximate surface area is 187 Å². The molecular formula is C19H24F3N7O4. The van der Waals surface area contributed by atoms with Gasteiger partial charge in [0.2, 0.25) is 5.88 Å². The second-order valence-electron chi connectivity index (χ2n) is 7.65. The molecule has 14 heteroatoms. The Balaban J connectivity index is 1.29. The van der Waals surface area contributed by atoms with E-state index in [0.717, 1.165) is 38.2 Å². The molecule has 0 amide bonds. The van der Waals surface area contributed by atoms with Gasteiger partial charge in [0.1, 0.15) is 36.6 Å². The first-order chi connectivity index (χ1) is 15.8. The molecule has 11 nitrogen and oxygen atoms in total. The minimum atomic E-state index is -4.65. The summed E-state index contributed by atoms with van der Waals surface area (Å²) in [5.41, 5.74) is -1.17. The summed E-state index contributed by atoms with van der Waals surface area (Å²) in [5, 5.41) is 26.7. The zero-order chi connectivity index (χ0) is 23.4. The smallest absolute Gasteiger partial charge is 0.434 e. The summed E-state index contributed by atoms with van der Waals surface area (Å²) in [6, 6.07) is -0.896. The number of aliphatic hydroxyl groups excluding tert-OH is 2. The SMILES string of the molecule is O[C@@H]1[C@H](O)[C@@H](Nc2cncc(C(F)(F)F)n2)CO[C@@H]1COc1cnc(N2CCNCC2)cn1. The topological polar surface area (TPSA) is 138 Å². The standard InChI is InChI=1S/C19H24F3N7O4/c20-19(21,22)13-5-24-6-14(28-13)27-11-9-32-12(18(31)17(11)30)10-33-16-8-25-15(7-26-16)29-3-1-23-2-4-29/h5-8,11-12,17-18,23,30-31H,1-4,9-10H2,(H,27,28)/t11-,12+,17+,18-/m0/s1. The molecule has 2 aliphatic heterocycles. The number of piperazine rings is 1. The Morgan fingerprint density at radius 2 is 1.91 bits per heavy atom. The van der Waals surface area contributed by atoms with Crippen molar-refractivity contribution in [3.05, 3.63) is 30.5 Å². The van der Waals surface area contributed by atoms with Crippen LogP contribution in [0, 0.1) is 0 Å². The quantitative estimate of drug-likeness (QED) is 0.441. The number of rotatable bonds is 6. The molecule has 0 unspecified atom stereocenters. The molecule has 2 saturated heterocycles. The maximum Gasteiger partial charge on any atom is 0.434 e. The molecule has 0 spiro atoms. The molecule has 2 aromatic rings. The van der Waals surface area contributed by atoms with Crippen molar-refractivity contribution in [3.8, 4) is 5.88 Å². The Bertz CT molecular complexity index is 915. The second-order valence-corrected chi connectivity index (χ2v) is 7.65. The van der Waals surface area contributed by atoms with Crippen LogP contribution in [0.4, 0.5) is 24.8 Å². The Kier molecular flexibility index (Phi) is 7.07. The van der Waals surface area contributed by atoms with Crippen LogP contribution >= 0.6 is 0 Å². The number of halogens is 3. The molecule has 0 aliphatic carbocycles. The third-order valence-electron chi connectivity index (χ3n) is 5.34. The number of alkyl halides is 3. The molecule has 4 heterocycles. The molecular weight excluding hydrogens is 447 g/mol. The summed E-state index contributed by atoms with van der Waals surface area (Å²) in [5.74, 6) is 0.776. The molecule has 0 saturated carbocycles. The summed E-state index contributed by atoms with van der Waals surface area (Å²) >= 11 is 0. The largest absolute Gasteiger partial charge is 0.474 e. The van der Waals surface area contributed by atoms with Crippen LogP contribution in [0.3, 0.4) is 0 Å². The number of nitrogens with one attached hydrogen (secondary N) is 2. The van der Waals surface area contributed by atoms with E-state index >= 15 is 0 Å². The maximum atomic E-state index is 12.8. The fourth-order valence-electron chi connectivity index (χ4n) is 3.53. The predicted molar refractivity (Wildman–Crippen MR) is 109 cm³/mol. The number of hydrogen-bond donors (Lipinski definition) is 4. The first-order valence-corrected chi connectivity index (χ1v) is 10.4. The van der Waals surface area contributed by atoms with Crippen LogP contribution in [0.5, 0.6) is 5.88 Å². The zero-order valence-corrected chi connectivity index (χ0v) is 17.4. The van der Waals surface area contributed by atoms with Crippen LogP contribution in [-0.2, 0) is 10.9 Å². The van der Waals surface area contributed by atoms with Crippen LogP contribution in [0.25, 0.3) is 0 Å². The highest BCUT2D eigenvalue weighted by Crippen LogP contribution is 2.28. The van der Waals surface area contributed by atoms with Gasteiger partial charge >= 0.3 is 6.18 Å². The van der Waals surface area contributed by atoms with Crippen molar-refractivity contribution < 1.29 is 32.9 Å². The lowest BCUT2D eigenvalue weighted by Crippen LogP contribution is -2.57. The van der Waals surface area contributed by atoms with E-state index in [1.807, 2.05) is 0 Å². The lowest BCUT2D eigenvalue weighted by atomic mass is 9.98. The summed E-state index contributed by atoms with van der Waals surface area (Å²) in [7, 11) is 0. The average Bonchev–Trinajstić information content (AvgIpc) is 2.82. The summed E-state index contributed by atoms with van der Waals surface area (Å²) in [6.45, 7) is 3.20. The molecule has 0 radical (unpaired) electrons. The second kappa shape index (κ2) is 9.99. The molecule has 4 N–H and O–H groups in total. The number of ether oxygens (including phenoxy) is 2. The zero-order valence-electron chi connectivity index (χ0n) is 17.4. The molecule has 2 fully saturated rings. The van der Waals surface area contributed by atoms with Gasteiger partial charge in [-0.2, -0.15) is 13.2 Å². The highest BCUT2D eigenvalue weighted by atomic mass is 19.4. The summed E-state index contributed by atoms with van der Waals surface area (Å²) in [4.78, 5) is 17.6. The third-order valence-corrected chi connectivity index (χ3v) is 5.34. The van der Waals surface area contributed by atoms with Gasteiger partial charge < -0.3 is 35.2 Å². The molecule has 2 aliphatic rings. The van der Waals surface area contributed by atoms with E-state index in [4.69, 9.17) is 9.47 Å². The van der Waals surface area contributed by atoms with Gasteiger partial charge in [0, 0.05) is 26.2 Å². The predicted octanol–water partition coefficient (Wildman–Crippen LogP) is -0.325. The van der Waals surface area contributed by atoms with Gasteiger partial charge in [-0.25, -0.2) is 15.0 Å². The van der Waals surface area contributed by atoms with Crippen molar-refractivity contribution >= 4 is 11.6 Å². The van der Waals surface area contributed by atoms with Crippen molar-refractivity contribution in [2.45, 2.75) is 30.5 Å². The minimum Gasteiger partial charge on any atom is -0.474 e. The molecule has 4 atom stereocenters. The van der Waals surface area contributed by atoms with Gasteiger partial charge in [-0.1, -0.05) is 0 Å². The van der Waals surface area contributed by atoms with Gasteiger partial charge in [0.05, 0.1) is 37.4 Å². The molecule has 0 aromatic carbocycles. The van der Waals surface area contributed by atoms with Crippen molar-refractivity contribution in [2.24, 2.45) is 0 Å². The number of nitrogens with zero attached hydrogens (tertiary/aromatic N) is 5. The number of aliphatic hydroxyl groups is 2. The van der Waals surface area contributed by atoms with Crippen LogP contribution in [-0.4, -0.2) is 93.9 Å². The maximum absolute atomic E-state index is 12.8. The summed E-state index contributed by atoms with van der Waals surface area (Å²) < 4.78 is 49.5. The highest BCUT2D eigenvalue weighted by Gasteiger charge is 2.39. The van der Waals surface area contributed by atoms with Crippen LogP contribution in [0.1, 0.15) is 5.69 Å². The van der Waals surface area contributed by atoms with E-state index in [1.54, 1.807) is 6.20 Å². The van der Waals surface area contributed by atoms with Gasteiger partial charge in [-0.05, 0) is 0 Å². The first kappa shape index (κ1) is 23.4. The third kappa shape index (κ3) is 5.76. The van der Waals surface area contributed by atoms with Gasteiger partial charge in [-0.15, -0.1) is 0 Å². The Hall–Kier alpha value is -2.81. The average molecular weight is 471 g/mol. The number of aromatic nitrogens is 4. The van der Waals surface area contributed by atoms with Crippen LogP contribution in [0.15, 0.2) is 24.8 Å². The van der Waals surface area contributed by atoms with Gasteiger partial charge in [-0.3, -0.25) is 4.98 Å². The van der Waals surface area contributed by atoms with Crippen molar-refractivity contribution in [3.63, 3.8) is 0 Å². The van der Waals surface area contributed by atoms with E-state index in [-0.39, 0.29) is 24.9 Å².